The van der Waals surface area contributed by atoms with Crippen molar-refractivity contribution in [3.8, 4) is 0 Å². The number of nitrogens with one attached hydrogen (secondary N) is 3. The predicted octanol–water partition coefficient (Wildman–Crippen LogP) is 2.30. The summed E-state index contributed by atoms with van der Waals surface area (Å²) in [6.45, 7) is 5.12. The molecule has 2 aliphatic heterocycles. The highest BCUT2D eigenvalue weighted by molar-refractivity contribution is 5.95. The van der Waals surface area contributed by atoms with E-state index in [-0.39, 0.29) is 17.8 Å². The summed E-state index contributed by atoms with van der Waals surface area (Å²) in [5.41, 5.74) is 9.80. The SMILES string of the molecule is O=C(NCCCN1CCOCC1)c1ccc2c(c1)C(c1ccc(F)cc1)NN2. The van der Waals surface area contributed by atoms with E-state index in [1.54, 1.807) is 12.1 Å². The molecule has 2 aliphatic rings. The molecule has 0 radical (unpaired) electrons. The lowest BCUT2D eigenvalue weighted by Crippen LogP contribution is -2.38. The summed E-state index contributed by atoms with van der Waals surface area (Å²) in [6, 6.07) is 11.9. The van der Waals surface area contributed by atoms with Crippen LogP contribution in [-0.4, -0.2) is 50.2 Å². The molecule has 148 valence electrons. The summed E-state index contributed by atoms with van der Waals surface area (Å²) in [7, 11) is 0. The van der Waals surface area contributed by atoms with Gasteiger partial charge in [0.25, 0.3) is 5.91 Å². The van der Waals surface area contributed by atoms with Crippen LogP contribution in [0, 0.1) is 5.82 Å². The number of morpholine rings is 1. The van der Waals surface area contributed by atoms with Crippen LogP contribution in [0.25, 0.3) is 0 Å². The Balaban J connectivity index is 1.35. The average Bonchev–Trinajstić information content (AvgIpc) is 3.15. The molecule has 4 rings (SSSR count). The van der Waals surface area contributed by atoms with Gasteiger partial charge in [-0.1, -0.05) is 12.1 Å². The van der Waals surface area contributed by atoms with Crippen LogP contribution >= 0.6 is 0 Å². The Morgan fingerprint density at radius 2 is 1.96 bits per heavy atom. The fourth-order valence-corrected chi connectivity index (χ4v) is 3.63. The lowest BCUT2D eigenvalue weighted by Gasteiger charge is -2.26. The van der Waals surface area contributed by atoms with E-state index in [0.29, 0.717) is 12.1 Å². The van der Waals surface area contributed by atoms with Gasteiger partial charge in [0.05, 0.1) is 24.9 Å². The third kappa shape index (κ3) is 4.32. The number of halogens is 1. The molecule has 2 heterocycles. The Hall–Kier alpha value is -2.48. The summed E-state index contributed by atoms with van der Waals surface area (Å²) in [4.78, 5) is 14.9. The smallest absolute Gasteiger partial charge is 0.251 e. The molecule has 1 fully saturated rings. The number of ether oxygens (including phenoxy) is 1. The minimum Gasteiger partial charge on any atom is -0.379 e. The number of amides is 1. The van der Waals surface area contributed by atoms with Crippen molar-refractivity contribution < 1.29 is 13.9 Å². The van der Waals surface area contributed by atoms with Crippen molar-refractivity contribution in [3.05, 3.63) is 65.0 Å². The molecular formula is C21H25FN4O2. The Morgan fingerprint density at radius 3 is 2.75 bits per heavy atom. The first-order chi connectivity index (χ1) is 13.7. The first-order valence-corrected chi connectivity index (χ1v) is 9.70. The van der Waals surface area contributed by atoms with Crippen LogP contribution < -0.4 is 16.2 Å². The topological polar surface area (TPSA) is 65.6 Å². The number of hydrogen-bond acceptors (Lipinski definition) is 5. The normalized spacial score (nSPS) is 19.1. The molecule has 1 amide bonds. The molecule has 6 nitrogen and oxygen atoms in total. The third-order valence-corrected chi connectivity index (χ3v) is 5.22. The van der Waals surface area contributed by atoms with Gasteiger partial charge in [0, 0.05) is 30.8 Å². The molecule has 0 spiro atoms. The highest BCUT2D eigenvalue weighted by Crippen LogP contribution is 2.33. The minimum absolute atomic E-state index is 0.0745. The minimum atomic E-state index is -0.264. The summed E-state index contributed by atoms with van der Waals surface area (Å²) < 4.78 is 18.6. The van der Waals surface area contributed by atoms with Crippen molar-refractivity contribution in [2.45, 2.75) is 12.5 Å². The summed E-state index contributed by atoms with van der Waals surface area (Å²) in [6.07, 6.45) is 0.915. The van der Waals surface area contributed by atoms with Crippen LogP contribution in [-0.2, 0) is 4.74 Å². The number of anilines is 1. The monoisotopic (exact) mass is 384 g/mol. The van der Waals surface area contributed by atoms with E-state index in [2.05, 4.69) is 21.1 Å². The maximum Gasteiger partial charge on any atom is 0.251 e. The van der Waals surface area contributed by atoms with Crippen LogP contribution in [0.2, 0.25) is 0 Å². The largest absolute Gasteiger partial charge is 0.379 e. The van der Waals surface area contributed by atoms with E-state index < -0.39 is 0 Å². The van der Waals surface area contributed by atoms with E-state index in [1.807, 2.05) is 18.2 Å². The van der Waals surface area contributed by atoms with Gasteiger partial charge in [0.1, 0.15) is 5.82 Å². The second-order valence-corrected chi connectivity index (χ2v) is 7.12. The van der Waals surface area contributed by atoms with Gasteiger partial charge >= 0.3 is 0 Å². The molecule has 0 bridgehead atoms. The van der Waals surface area contributed by atoms with Crippen molar-refractivity contribution in [2.75, 3.05) is 44.8 Å². The van der Waals surface area contributed by atoms with E-state index in [0.717, 1.165) is 56.1 Å². The molecule has 0 saturated carbocycles. The van der Waals surface area contributed by atoms with Gasteiger partial charge in [-0.05, 0) is 48.9 Å². The molecule has 3 N–H and O–H groups in total. The molecule has 0 aliphatic carbocycles. The fourth-order valence-electron chi connectivity index (χ4n) is 3.63. The maximum absolute atomic E-state index is 13.2. The van der Waals surface area contributed by atoms with Gasteiger partial charge < -0.3 is 15.5 Å². The molecule has 2 aromatic carbocycles. The third-order valence-electron chi connectivity index (χ3n) is 5.22. The van der Waals surface area contributed by atoms with Gasteiger partial charge in [0.2, 0.25) is 0 Å². The number of hydrazine groups is 1. The number of fused-ring (bicyclic) bond motifs is 1. The maximum atomic E-state index is 13.2. The number of hydrogen-bond donors (Lipinski definition) is 3. The molecule has 1 saturated heterocycles. The molecular weight excluding hydrogens is 359 g/mol. The highest BCUT2D eigenvalue weighted by Gasteiger charge is 2.24. The van der Waals surface area contributed by atoms with Crippen molar-refractivity contribution in [3.63, 3.8) is 0 Å². The number of nitrogens with zero attached hydrogens (tertiary/aromatic N) is 1. The summed E-state index contributed by atoms with van der Waals surface area (Å²) in [5.74, 6) is -0.338. The van der Waals surface area contributed by atoms with Crippen LogP contribution in [0.3, 0.4) is 0 Å². The van der Waals surface area contributed by atoms with Crippen molar-refractivity contribution in [2.24, 2.45) is 0 Å². The van der Waals surface area contributed by atoms with E-state index in [4.69, 9.17) is 4.74 Å². The lowest BCUT2D eigenvalue weighted by atomic mass is 9.97. The van der Waals surface area contributed by atoms with Gasteiger partial charge in [-0.15, -0.1) is 0 Å². The van der Waals surface area contributed by atoms with Crippen LogP contribution in [0.1, 0.15) is 33.9 Å². The van der Waals surface area contributed by atoms with Gasteiger partial charge in [-0.25, -0.2) is 9.82 Å². The lowest BCUT2D eigenvalue weighted by molar-refractivity contribution is 0.0374. The molecule has 2 aromatic rings. The zero-order valence-corrected chi connectivity index (χ0v) is 15.7. The van der Waals surface area contributed by atoms with Crippen molar-refractivity contribution >= 4 is 11.6 Å². The van der Waals surface area contributed by atoms with Crippen molar-refractivity contribution in [1.29, 1.82) is 0 Å². The quantitative estimate of drug-likeness (QED) is 0.667. The molecule has 1 unspecified atom stereocenters. The number of carbonyl (C=O) groups is 1. The van der Waals surface area contributed by atoms with Crippen LogP contribution in [0.4, 0.5) is 10.1 Å². The van der Waals surface area contributed by atoms with Gasteiger partial charge in [-0.3, -0.25) is 9.69 Å². The van der Waals surface area contributed by atoms with E-state index in [9.17, 15) is 9.18 Å². The zero-order chi connectivity index (χ0) is 19.3. The molecule has 7 heteroatoms. The van der Waals surface area contributed by atoms with Crippen molar-refractivity contribution in [1.82, 2.24) is 15.6 Å². The first-order valence-electron chi connectivity index (χ1n) is 9.70. The van der Waals surface area contributed by atoms with Gasteiger partial charge in [0.15, 0.2) is 0 Å². The second kappa shape index (κ2) is 8.68. The number of benzene rings is 2. The summed E-state index contributed by atoms with van der Waals surface area (Å²) in [5, 5.41) is 3.00. The Morgan fingerprint density at radius 1 is 1.18 bits per heavy atom. The molecule has 0 aromatic heterocycles. The van der Waals surface area contributed by atoms with E-state index >= 15 is 0 Å². The number of rotatable bonds is 6. The highest BCUT2D eigenvalue weighted by atomic mass is 19.1. The molecule has 1 atom stereocenters. The average molecular weight is 384 g/mol. The van der Waals surface area contributed by atoms with Crippen LogP contribution in [0.5, 0.6) is 0 Å². The molecule has 28 heavy (non-hydrogen) atoms. The number of carbonyl (C=O) groups excluding carboxylic acids is 1. The second-order valence-electron chi connectivity index (χ2n) is 7.12. The Labute approximate surface area is 164 Å². The van der Waals surface area contributed by atoms with Gasteiger partial charge in [-0.2, -0.15) is 0 Å². The zero-order valence-electron chi connectivity index (χ0n) is 15.7. The van der Waals surface area contributed by atoms with Crippen LogP contribution in [0.15, 0.2) is 42.5 Å². The van der Waals surface area contributed by atoms with E-state index in [1.165, 1.54) is 12.1 Å². The standard InChI is InChI=1S/C21H25FN4O2/c22-17-5-2-15(3-6-17)20-18-14-16(4-7-19(18)24-25-20)21(27)23-8-1-9-26-10-12-28-13-11-26/h2-7,14,20,24-25H,1,8-13H2,(H,23,27). The predicted molar refractivity (Wildman–Crippen MR) is 106 cm³/mol. The Kier molecular flexibility index (Phi) is 5.85. The Bertz CT molecular complexity index is 822. The summed E-state index contributed by atoms with van der Waals surface area (Å²) >= 11 is 0. The first kappa shape index (κ1) is 18.9. The fraction of sp³-hybridized carbons (Fsp3) is 0.381.